The molecule has 0 aliphatic heterocycles. The number of benzene rings is 1. The zero-order valence-corrected chi connectivity index (χ0v) is 10.2. The molecule has 3 rings (SSSR count). The topological polar surface area (TPSA) is 83.6 Å². The molecule has 0 atom stereocenters. The molecule has 0 fully saturated rings. The second kappa shape index (κ2) is 4.49. The number of hydrogen-bond donors (Lipinski definition) is 2. The highest BCUT2D eigenvalue weighted by atomic mass is 16.1. The molecule has 0 saturated carbocycles. The summed E-state index contributed by atoms with van der Waals surface area (Å²) in [5.74, 6) is 0.279. The predicted octanol–water partition coefficient (Wildman–Crippen LogP) is 1.91. The number of nitrogens with one attached hydrogen (secondary N) is 2. The molecule has 0 saturated heterocycles. The van der Waals surface area contributed by atoms with E-state index < -0.39 is 0 Å². The lowest BCUT2D eigenvalue weighted by Crippen LogP contribution is -2.12. The van der Waals surface area contributed by atoms with Gasteiger partial charge in [-0.05, 0) is 25.1 Å². The van der Waals surface area contributed by atoms with Crippen LogP contribution in [0.1, 0.15) is 16.1 Å². The number of amides is 1. The van der Waals surface area contributed by atoms with Crippen LogP contribution in [0.2, 0.25) is 0 Å². The Morgan fingerprint density at radius 1 is 1.16 bits per heavy atom. The quantitative estimate of drug-likeness (QED) is 0.730. The number of aromatic amines is 1. The molecule has 1 aromatic carbocycles. The molecule has 94 valence electrons. The Bertz CT molecular complexity index is 749. The number of rotatable bonds is 2. The molecule has 6 nitrogen and oxygen atoms in total. The molecule has 2 heterocycles. The first-order valence-electron chi connectivity index (χ1n) is 5.76. The molecule has 0 radical (unpaired) electrons. The fraction of sp³-hybridized carbons (Fsp3) is 0.0769. The molecule has 0 aliphatic rings. The lowest BCUT2D eigenvalue weighted by atomic mass is 10.2. The lowest BCUT2D eigenvalue weighted by Gasteiger charge is -2.02. The fourth-order valence-electron chi connectivity index (χ4n) is 1.78. The van der Waals surface area contributed by atoms with Gasteiger partial charge in [-0.1, -0.05) is 0 Å². The minimum Gasteiger partial charge on any atom is -0.305 e. The Kier molecular flexibility index (Phi) is 2.68. The third-order valence-corrected chi connectivity index (χ3v) is 2.68. The largest absolute Gasteiger partial charge is 0.305 e. The highest BCUT2D eigenvalue weighted by molar-refractivity contribution is 6.05. The fourth-order valence-corrected chi connectivity index (χ4v) is 1.78. The van der Waals surface area contributed by atoms with Crippen LogP contribution in [0.15, 0.2) is 36.7 Å². The Morgan fingerprint density at radius 3 is 2.68 bits per heavy atom. The minimum atomic E-state index is -0.223. The Labute approximate surface area is 108 Å². The van der Waals surface area contributed by atoms with E-state index in [0.717, 1.165) is 11.2 Å². The SMILES string of the molecule is Cc1cc(NC(=O)c2ccc3nccnc3c2)n[nH]1. The first-order valence-corrected chi connectivity index (χ1v) is 5.76. The molecule has 0 unspecified atom stereocenters. The summed E-state index contributed by atoms with van der Waals surface area (Å²) >= 11 is 0. The summed E-state index contributed by atoms with van der Waals surface area (Å²) in [6.07, 6.45) is 3.22. The van der Waals surface area contributed by atoms with E-state index in [1.54, 1.807) is 36.7 Å². The van der Waals surface area contributed by atoms with Gasteiger partial charge in [0.05, 0.1) is 11.0 Å². The van der Waals surface area contributed by atoms with Crippen molar-refractivity contribution in [3.63, 3.8) is 0 Å². The number of nitrogens with zero attached hydrogens (tertiary/aromatic N) is 3. The van der Waals surface area contributed by atoms with Crippen molar-refractivity contribution in [1.29, 1.82) is 0 Å². The van der Waals surface area contributed by atoms with Gasteiger partial charge in [0.25, 0.3) is 5.91 Å². The van der Waals surface area contributed by atoms with E-state index >= 15 is 0 Å². The van der Waals surface area contributed by atoms with E-state index in [1.807, 2.05) is 6.92 Å². The van der Waals surface area contributed by atoms with Crippen LogP contribution in [0.3, 0.4) is 0 Å². The zero-order valence-electron chi connectivity index (χ0n) is 10.2. The van der Waals surface area contributed by atoms with Crippen LogP contribution in [0.4, 0.5) is 5.82 Å². The van der Waals surface area contributed by atoms with Gasteiger partial charge in [-0.15, -0.1) is 0 Å². The van der Waals surface area contributed by atoms with Crippen molar-refractivity contribution in [2.24, 2.45) is 0 Å². The lowest BCUT2D eigenvalue weighted by molar-refractivity contribution is 0.102. The van der Waals surface area contributed by atoms with Crippen molar-refractivity contribution in [3.8, 4) is 0 Å². The molecular weight excluding hydrogens is 242 g/mol. The van der Waals surface area contributed by atoms with Crippen LogP contribution in [0.25, 0.3) is 11.0 Å². The molecule has 2 aromatic heterocycles. The number of carbonyl (C=O) groups excluding carboxylic acids is 1. The number of carbonyl (C=O) groups is 1. The van der Waals surface area contributed by atoms with E-state index in [1.165, 1.54) is 0 Å². The van der Waals surface area contributed by atoms with Crippen molar-refractivity contribution in [1.82, 2.24) is 20.2 Å². The van der Waals surface area contributed by atoms with Gasteiger partial charge in [0, 0.05) is 29.7 Å². The molecule has 0 spiro atoms. The van der Waals surface area contributed by atoms with Crippen molar-refractivity contribution >= 4 is 22.8 Å². The first kappa shape index (κ1) is 11.3. The van der Waals surface area contributed by atoms with Gasteiger partial charge >= 0.3 is 0 Å². The summed E-state index contributed by atoms with van der Waals surface area (Å²) in [5, 5.41) is 9.44. The van der Waals surface area contributed by atoms with E-state index in [0.29, 0.717) is 16.9 Å². The van der Waals surface area contributed by atoms with Gasteiger partial charge in [-0.25, -0.2) is 0 Å². The average molecular weight is 253 g/mol. The van der Waals surface area contributed by atoms with E-state index in [-0.39, 0.29) is 5.91 Å². The summed E-state index contributed by atoms with van der Waals surface area (Å²) in [5.41, 5.74) is 2.86. The third kappa shape index (κ3) is 2.28. The number of aromatic nitrogens is 4. The van der Waals surface area contributed by atoms with Crippen LogP contribution in [0.5, 0.6) is 0 Å². The van der Waals surface area contributed by atoms with Crippen LogP contribution in [-0.4, -0.2) is 26.1 Å². The normalized spacial score (nSPS) is 10.6. The monoisotopic (exact) mass is 253 g/mol. The van der Waals surface area contributed by atoms with E-state index in [2.05, 4.69) is 25.5 Å². The maximum atomic E-state index is 12.1. The first-order chi connectivity index (χ1) is 9.22. The number of H-pyrrole nitrogens is 1. The standard InChI is InChI=1S/C13H11N5O/c1-8-6-12(18-17-8)16-13(19)9-2-3-10-11(7-9)15-5-4-14-10/h2-7H,1H3,(H2,16,17,18,19). The molecule has 1 amide bonds. The van der Waals surface area contributed by atoms with Gasteiger partial charge < -0.3 is 5.32 Å². The van der Waals surface area contributed by atoms with Crippen LogP contribution >= 0.6 is 0 Å². The number of aryl methyl sites for hydroxylation is 1. The minimum absolute atomic E-state index is 0.223. The Hall–Kier alpha value is -2.76. The molecule has 3 aromatic rings. The average Bonchev–Trinajstić information content (AvgIpc) is 2.83. The van der Waals surface area contributed by atoms with E-state index in [9.17, 15) is 4.79 Å². The second-order valence-electron chi connectivity index (χ2n) is 4.15. The van der Waals surface area contributed by atoms with Gasteiger partial charge in [-0.3, -0.25) is 19.9 Å². The van der Waals surface area contributed by atoms with Gasteiger partial charge in [0.15, 0.2) is 5.82 Å². The second-order valence-corrected chi connectivity index (χ2v) is 4.15. The van der Waals surface area contributed by atoms with Crippen LogP contribution in [0, 0.1) is 6.92 Å². The Balaban J connectivity index is 1.89. The number of anilines is 1. The van der Waals surface area contributed by atoms with Crippen molar-refractivity contribution < 1.29 is 4.79 Å². The highest BCUT2D eigenvalue weighted by Crippen LogP contribution is 2.13. The summed E-state index contributed by atoms with van der Waals surface area (Å²) in [4.78, 5) is 20.4. The van der Waals surface area contributed by atoms with Crippen molar-refractivity contribution in [2.75, 3.05) is 5.32 Å². The smallest absolute Gasteiger partial charge is 0.256 e. The number of hydrogen-bond acceptors (Lipinski definition) is 4. The summed E-state index contributed by atoms with van der Waals surface area (Å²) < 4.78 is 0. The van der Waals surface area contributed by atoms with Crippen LogP contribution in [-0.2, 0) is 0 Å². The maximum Gasteiger partial charge on any atom is 0.256 e. The molecule has 0 bridgehead atoms. The molecule has 19 heavy (non-hydrogen) atoms. The van der Waals surface area contributed by atoms with Gasteiger partial charge in [0.2, 0.25) is 0 Å². The van der Waals surface area contributed by atoms with Gasteiger partial charge in [-0.2, -0.15) is 5.10 Å². The van der Waals surface area contributed by atoms with Crippen molar-refractivity contribution in [3.05, 3.63) is 47.9 Å². The molecule has 2 N–H and O–H groups in total. The predicted molar refractivity (Wildman–Crippen MR) is 70.8 cm³/mol. The molecule has 6 heteroatoms. The zero-order chi connectivity index (χ0) is 13.2. The number of fused-ring (bicyclic) bond motifs is 1. The van der Waals surface area contributed by atoms with E-state index in [4.69, 9.17) is 0 Å². The molecular formula is C13H11N5O. The summed E-state index contributed by atoms with van der Waals surface area (Å²) in [6, 6.07) is 6.95. The van der Waals surface area contributed by atoms with Crippen LogP contribution < -0.4 is 5.32 Å². The third-order valence-electron chi connectivity index (χ3n) is 2.68. The highest BCUT2D eigenvalue weighted by Gasteiger charge is 2.09. The summed E-state index contributed by atoms with van der Waals surface area (Å²) in [7, 11) is 0. The van der Waals surface area contributed by atoms with Gasteiger partial charge in [0.1, 0.15) is 0 Å². The van der Waals surface area contributed by atoms with Crippen molar-refractivity contribution in [2.45, 2.75) is 6.92 Å². The Morgan fingerprint density at radius 2 is 1.95 bits per heavy atom. The summed E-state index contributed by atoms with van der Waals surface area (Å²) in [6.45, 7) is 1.87. The molecule has 0 aliphatic carbocycles. The maximum absolute atomic E-state index is 12.1.